The van der Waals surface area contributed by atoms with Gasteiger partial charge in [0.15, 0.2) is 11.5 Å². The summed E-state index contributed by atoms with van der Waals surface area (Å²) in [5.41, 5.74) is 1.55. The molecule has 3 aromatic rings. The van der Waals surface area contributed by atoms with Gasteiger partial charge in [0.25, 0.3) is 0 Å². The van der Waals surface area contributed by atoms with E-state index >= 15 is 0 Å². The van der Waals surface area contributed by atoms with Gasteiger partial charge in [-0.3, -0.25) is 0 Å². The Kier molecular flexibility index (Phi) is 3.09. The summed E-state index contributed by atoms with van der Waals surface area (Å²) in [6, 6.07) is 9.29. The summed E-state index contributed by atoms with van der Waals surface area (Å²) in [7, 11) is 0. The van der Waals surface area contributed by atoms with Gasteiger partial charge in [-0.25, -0.2) is 0 Å². The number of aromatic nitrogens is 4. The van der Waals surface area contributed by atoms with Crippen LogP contribution in [0.4, 0.5) is 0 Å². The lowest BCUT2D eigenvalue weighted by atomic mass is 10.2. The number of hydrogen-bond acceptors (Lipinski definition) is 3. The van der Waals surface area contributed by atoms with Crippen LogP contribution in [0, 0.1) is 0 Å². The molecule has 0 atom stereocenters. The van der Waals surface area contributed by atoms with Crippen molar-refractivity contribution in [3.05, 3.63) is 44.4 Å². The average molecular weight is 388 g/mol. The minimum Gasteiger partial charge on any atom is -0.191 e. The topological polar surface area (TPSA) is 43.1 Å². The average Bonchev–Trinajstić information content (AvgIpc) is 2.75. The highest BCUT2D eigenvalue weighted by Gasteiger charge is 2.12. The molecule has 7 heteroatoms. The monoisotopic (exact) mass is 386 g/mol. The molecule has 0 fully saturated rings. The number of rotatable bonds is 1. The van der Waals surface area contributed by atoms with Crippen molar-refractivity contribution >= 4 is 49.1 Å². The van der Waals surface area contributed by atoms with E-state index < -0.39 is 0 Å². The van der Waals surface area contributed by atoms with E-state index in [4.69, 9.17) is 11.6 Å². The highest BCUT2D eigenvalue weighted by Crippen LogP contribution is 2.29. The molecular formula is C11H5Br2ClN4. The minimum absolute atomic E-state index is 0.398. The van der Waals surface area contributed by atoms with Crippen LogP contribution in [0.5, 0.6) is 0 Å². The smallest absolute Gasteiger partial charge is 0.186 e. The number of nitrogens with zero attached hydrogens (tertiary/aromatic N) is 4. The van der Waals surface area contributed by atoms with E-state index in [-0.39, 0.29) is 0 Å². The zero-order chi connectivity index (χ0) is 12.7. The minimum atomic E-state index is 0.398. The van der Waals surface area contributed by atoms with Crippen molar-refractivity contribution in [3.63, 3.8) is 0 Å². The van der Waals surface area contributed by atoms with Gasteiger partial charge >= 0.3 is 0 Å². The van der Waals surface area contributed by atoms with E-state index in [9.17, 15) is 0 Å². The number of fused-ring (bicyclic) bond motifs is 1. The fourth-order valence-corrected chi connectivity index (χ4v) is 2.53. The Bertz CT molecular complexity index is 741. The molecule has 4 nitrogen and oxygen atoms in total. The van der Waals surface area contributed by atoms with Crippen LogP contribution in [0.2, 0.25) is 5.15 Å². The first-order valence-electron chi connectivity index (χ1n) is 4.98. The lowest BCUT2D eigenvalue weighted by Crippen LogP contribution is -1.95. The first kappa shape index (κ1) is 12.1. The molecule has 0 amide bonds. The van der Waals surface area contributed by atoms with E-state index in [0.29, 0.717) is 16.6 Å². The van der Waals surface area contributed by atoms with E-state index in [2.05, 4.69) is 47.2 Å². The summed E-state index contributed by atoms with van der Waals surface area (Å²) in [6.07, 6.45) is 0. The van der Waals surface area contributed by atoms with Crippen molar-refractivity contribution in [1.29, 1.82) is 0 Å². The van der Waals surface area contributed by atoms with Gasteiger partial charge in [0.2, 0.25) is 0 Å². The van der Waals surface area contributed by atoms with E-state index in [1.165, 1.54) is 0 Å². The van der Waals surface area contributed by atoms with Gasteiger partial charge in [-0.05, 0) is 30.3 Å². The molecule has 0 saturated heterocycles. The standard InChI is InChI=1S/C11H5Br2ClN4/c12-6-1-2-8(13)7(5-6)11-16-15-10-4-3-9(14)17-18(10)11/h1-5H. The highest BCUT2D eigenvalue weighted by atomic mass is 79.9. The summed E-state index contributed by atoms with van der Waals surface area (Å²) in [5.74, 6) is 0.640. The number of hydrogen-bond donors (Lipinski definition) is 0. The molecule has 2 heterocycles. The quantitative estimate of drug-likeness (QED) is 0.634. The molecule has 0 N–H and O–H groups in total. The van der Waals surface area contributed by atoms with Gasteiger partial charge in [0.1, 0.15) is 5.15 Å². The van der Waals surface area contributed by atoms with Crippen LogP contribution in [0.15, 0.2) is 39.3 Å². The van der Waals surface area contributed by atoms with Gasteiger partial charge < -0.3 is 0 Å². The summed E-state index contributed by atoms with van der Waals surface area (Å²) < 4.78 is 3.50. The molecular weight excluding hydrogens is 383 g/mol. The molecule has 0 bridgehead atoms. The third-order valence-electron chi connectivity index (χ3n) is 2.40. The summed E-state index contributed by atoms with van der Waals surface area (Å²) in [6.45, 7) is 0. The molecule has 0 saturated carbocycles. The maximum atomic E-state index is 5.90. The molecule has 90 valence electrons. The van der Waals surface area contributed by atoms with Crippen LogP contribution < -0.4 is 0 Å². The molecule has 0 unspecified atom stereocenters. The molecule has 2 aromatic heterocycles. The third-order valence-corrected chi connectivity index (χ3v) is 3.79. The Morgan fingerprint density at radius 1 is 1.06 bits per heavy atom. The van der Waals surface area contributed by atoms with Crippen LogP contribution in [0.1, 0.15) is 0 Å². The van der Waals surface area contributed by atoms with Crippen LogP contribution in [0.3, 0.4) is 0 Å². The fraction of sp³-hybridized carbons (Fsp3) is 0. The van der Waals surface area contributed by atoms with Gasteiger partial charge in [0.05, 0.1) is 0 Å². The van der Waals surface area contributed by atoms with Crippen molar-refractivity contribution in [2.24, 2.45) is 0 Å². The van der Waals surface area contributed by atoms with Gasteiger partial charge in [-0.1, -0.05) is 43.5 Å². The molecule has 3 rings (SSSR count). The van der Waals surface area contributed by atoms with E-state index in [1.807, 2.05) is 18.2 Å². The summed E-state index contributed by atoms with van der Waals surface area (Å²) in [4.78, 5) is 0. The maximum absolute atomic E-state index is 5.90. The SMILES string of the molecule is Clc1ccc2nnc(-c3cc(Br)ccc3Br)n2n1. The summed E-state index contributed by atoms with van der Waals surface area (Å²) >= 11 is 12.8. The number of halogens is 3. The lowest BCUT2D eigenvalue weighted by molar-refractivity contribution is 0.935. The zero-order valence-corrected chi connectivity index (χ0v) is 12.7. The van der Waals surface area contributed by atoms with Crippen molar-refractivity contribution in [2.45, 2.75) is 0 Å². The van der Waals surface area contributed by atoms with Crippen molar-refractivity contribution in [1.82, 2.24) is 19.8 Å². The predicted molar refractivity (Wildman–Crippen MR) is 76.6 cm³/mol. The zero-order valence-electron chi connectivity index (χ0n) is 8.81. The molecule has 0 aliphatic heterocycles. The Hall–Kier alpha value is -0.980. The van der Waals surface area contributed by atoms with Crippen LogP contribution in [-0.2, 0) is 0 Å². The Morgan fingerprint density at radius 3 is 2.72 bits per heavy atom. The van der Waals surface area contributed by atoms with Crippen molar-refractivity contribution in [2.75, 3.05) is 0 Å². The second-order valence-electron chi connectivity index (χ2n) is 3.57. The Morgan fingerprint density at radius 2 is 1.89 bits per heavy atom. The van der Waals surface area contributed by atoms with Crippen LogP contribution >= 0.6 is 43.5 Å². The molecule has 0 aliphatic carbocycles. The van der Waals surface area contributed by atoms with Gasteiger partial charge in [-0.15, -0.1) is 10.2 Å². The molecule has 0 spiro atoms. The predicted octanol–water partition coefficient (Wildman–Crippen LogP) is 3.97. The lowest BCUT2D eigenvalue weighted by Gasteiger charge is -2.03. The largest absolute Gasteiger partial charge is 0.191 e. The Balaban J connectivity index is 2.31. The number of benzene rings is 1. The van der Waals surface area contributed by atoms with Gasteiger partial charge in [-0.2, -0.15) is 9.61 Å². The highest BCUT2D eigenvalue weighted by molar-refractivity contribution is 9.11. The molecule has 0 radical (unpaired) electrons. The maximum Gasteiger partial charge on any atom is 0.186 e. The Labute approximate surface area is 124 Å². The molecule has 1 aromatic carbocycles. The third kappa shape index (κ3) is 2.04. The normalized spacial score (nSPS) is 11.1. The van der Waals surface area contributed by atoms with Crippen LogP contribution in [-0.4, -0.2) is 19.8 Å². The van der Waals surface area contributed by atoms with E-state index in [0.717, 1.165) is 14.5 Å². The molecule has 18 heavy (non-hydrogen) atoms. The van der Waals surface area contributed by atoms with Crippen LogP contribution in [0.25, 0.3) is 17.0 Å². The van der Waals surface area contributed by atoms with Crippen molar-refractivity contribution < 1.29 is 0 Å². The second-order valence-corrected chi connectivity index (χ2v) is 5.73. The summed E-state index contributed by atoms with van der Waals surface area (Å²) in [5, 5.41) is 12.8. The molecule has 0 aliphatic rings. The first-order valence-corrected chi connectivity index (χ1v) is 6.95. The van der Waals surface area contributed by atoms with Gasteiger partial charge in [0, 0.05) is 14.5 Å². The second kappa shape index (κ2) is 4.60. The fourth-order valence-electron chi connectivity index (χ4n) is 1.60. The van der Waals surface area contributed by atoms with Crippen molar-refractivity contribution in [3.8, 4) is 11.4 Å². The first-order chi connectivity index (χ1) is 8.65. The van der Waals surface area contributed by atoms with E-state index in [1.54, 1.807) is 16.6 Å².